The molecule has 2 aliphatic heterocycles. The molecular weight excluding hydrogens is 328 g/mol. The molecule has 0 nitrogen and oxygen atoms in total. The lowest BCUT2D eigenvalue weighted by atomic mass is 10.4. The second-order valence-corrected chi connectivity index (χ2v) is 10.4. The van der Waals surface area contributed by atoms with Crippen molar-refractivity contribution in [2.24, 2.45) is 0 Å². The zero-order valence-corrected chi connectivity index (χ0v) is 14.4. The standard InChI is InChI=1S/C14H10S5/c1-7-11-12(8(2)15-7)19-14-13(18-11)16-9-5-3-4-6-10(9)17-14/h3-6H,1-2H3. The molecule has 0 bridgehead atoms. The first kappa shape index (κ1) is 12.3. The Hall–Kier alpha value is -0.460. The van der Waals surface area contributed by atoms with Gasteiger partial charge in [-0.1, -0.05) is 12.1 Å². The molecule has 0 atom stereocenters. The average Bonchev–Trinajstić information content (AvgIpc) is 2.69. The van der Waals surface area contributed by atoms with Crippen LogP contribution in [-0.2, 0) is 0 Å². The smallest absolute Gasteiger partial charge is 0.108 e. The molecule has 1 aromatic heterocycles. The van der Waals surface area contributed by atoms with E-state index in [1.54, 1.807) is 0 Å². The lowest BCUT2D eigenvalue weighted by Gasteiger charge is -1.98. The van der Waals surface area contributed by atoms with Gasteiger partial charge in [-0.3, -0.25) is 0 Å². The Balaban J connectivity index is 2.26. The van der Waals surface area contributed by atoms with Crippen LogP contribution in [0.15, 0.2) is 24.3 Å². The average molecular weight is 339 g/mol. The molecular formula is C14H10S5. The second-order valence-electron chi connectivity index (χ2n) is 4.30. The molecule has 0 spiro atoms. The van der Waals surface area contributed by atoms with E-state index in [2.05, 4.69) is 38.1 Å². The fraction of sp³-hybridized carbons (Fsp3) is 0.143. The summed E-state index contributed by atoms with van der Waals surface area (Å²) in [5, 5.41) is 0. The monoisotopic (exact) mass is 338 g/mol. The SMILES string of the molecule is Cc1sc(C)c2sc3sc4ccccc4sc=3sc12. The van der Waals surface area contributed by atoms with Crippen LogP contribution in [0.5, 0.6) is 0 Å². The summed E-state index contributed by atoms with van der Waals surface area (Å²) in [6.45, 7) is 4.48. The van der Waals surface area contributed by atoms with Crippen LogP contribution in [0.2, 0.25) is 0 Å². The summed E-state index contributed by atoms with van der Waals surface area (Å²) >= 11 is 9.71. The first-order valence-corrected chi connectivity index (χ1v) is 9.95. The topological polar surface area (TPSA) is 0 Å². The van der Waals surface area contributed by atoms with Crippen LogP contribution in [0.25, 0.3) is 18.8 Å². The van der Waals surface area contributed by atoms with E-state index in [0.29, 0.717) is 0 Å². The van der Waals surface area contributed by atoms with Gasteiger partial charge in [0.05, 0.1) is 9.40 Å². The van der Waals surface area contributed by atoms with Gasteiger partial charge < -0.3 is 0 Å². The molecule has 0 unspecified atom stereocenters. The van der Waals surface area contributed by atoms with Crippen molar-refractivity contribution in [3.05, 3.63) is 41.7 Å². The summed E-state index contributed by atoms with van der Waals surface area (Å²) < 4.78 is 8.68. The van der Waals surface area contributed by atoms with E-state index in [4.69, 9.17) is 0 Å². The van der Waals surface area contributed by atoms with E-state index in [1.165, 1.54) is 36.2 Å². The molecule has 2 aliphatic rings. The molecule has 0 saturated heterocycles. The van der Waals surface area contributed by atoms with Crippen molar-refractivity contribution in [3.8, 4) is 0 Å². The van der Waals surface area contributed by atoms with Gasteiger partial charge in [0.1, 0.15) is 7.69 Å². The zero-order chi connectivity index (χ0) is 13.0. The van der Waals surface area contributed by atoms with E-state index in [-0.39, 0.29) is 0 Å². The first-order valence-electron chi connectivity index (χ1n) is 5.87. The highest BCUT2D eigenvalue weighted by Gasteiger charge is 2.08. The lowest BCUT2D eigenvalue weighted by molar-refractivity contribution is 1.71. The van der Waals surface area contributed by atoms with Gasteiger partial charge >= 0.3 is 0 Å². The number of fused-ring (bicyclic) bond motifs is 2. The van der Waals surface area contributed by atoms with Crippen LogP contribution in [0.3, 0.4) is 0 Å². The minimum atomic E-state index is 1.40. The van der Waals surface area contributed by atoms with Crippen molar-refractivity contribution in [2.45, 2.75) is 13.8 Å². The van der Waals surface area contributed by atoms with Gasteiger partial charge in [0.2, 0.25) is 0 Å². The molecule has 0 saturated carbocycles. The van der Waals surface area contributed by atoms with E-state index >= 15 is 0 Å². The molecule has 4 rings (SSSR count). The largest absolute Gasteiger partial charge is 0.143 e. The van der Waals surface area contributed by atoms with Crippen molar-refractivity contribution in [2.75, 3.05) is 0 Å². The second kappa shape index (κ2) is 4.53. The molecule has 0 fully saturated rings. The van der Waals surface area contributed by atoms with Crippen LogP contribution in [0.4, 0.5) is 0 Å². The first-order chi connectivity index (χ1) is 9.22. The van der Waals surface area contributed by atoms with Crippen LogP contribution < -0.4 is 0 Å². The fourth-order valence-corrected chi connectivity index (χ4v) is 8.95. The zero-order valence-electron chi connectivity index (χ0n) is 10.4. The highest BCUT2D eigenvalue weighted by molar-refractivity contribution is 7.42. The van der Waals surface area contributed by atoms with Crippen LogP contribution in [0, 0.1) is 21.5 Å². The number of benzene rings is 1. The molecule has 2 aromatic rings. The van der Waals surface area contributed by atoms with Gasteiger partial charge in [-0.05, 0) is 26.0 Å². The van der Waals surface area contributed by atoms with Gasteiger partial charge in [-0.15, -0.1) is 56.7 Å². The number of hydrogen-bond acceptors (Lipinski definition) is 5. The highest BCUT2D eigenvalue weighted by Crippen LogP contribution is 2.39. The Labute approximate surface area is 130 Å². The third-order valence-electron chi connectivity index (χ3n) is 2.96. The van der Waals surface area contributed by atoms with Crippen molar-refractivity contribution in [1.29, 1.82) is 0 Å². The van der Waals surface area contributed by atoms with E-state index in [9.17, 15) is 0 Å². The predicted octanol–water partition coefficient (Wildman–Crippen LogP) is 6.77. The van der Waals surface area contributed by atoms with Crippen molar-refractivity contribution in [1.82, 2.24) is 0 Å². The Bertz CT molecular complexity index is 908. The quantitative estimate of drug-likeness (QED) is 0.332. The van der Waals surface area contributed by atoms with Gasteiger partial charge in [0.15, 0.2) is 0 Å². The Morgan fingerprint density at radius 3 is 1.58 bits per heavy atom. The Morgan fingerprint density at radius 2 is 1.11 bits per heavy atom. The number of hydrogen-bond donors (Lipinski definition) is 0. The molecule has 0 aliphatic carbocycles. The summed E-state index contributed by atoms with van der Waals surface area (Å²) in [7, 11) is 0. The van der Waals surface area contributed by atoms with Gasteiger partial charge in [-0.2, -0.15) is 0 Å². The maximum atomic E-state index is 2.24. The van der Waals surface area contributed by atoms with E-state index in [1.807, 2.05) is 56.7 Å². The van der Waals surface area contributed by atoms with Crippen molar-refractivity contribution < 1.29 is 0 Å². The maximum Gasteiger partial charge on any atom is 0.108 e. The summed E-state index contributed by atoms with van der Waals surface area (Å²) in [5.74, 6) is 0. The number of rotatable bonds is 0. The third-order valence-corrected chi connectivity index (χ3v) is 10.2. The fourth-order valence-electron chi connectivity index (χ4n) is 2.09. The molecule has 96 valence electrons. The van der Waals surface area contributed by atoms with Gasteiger partial charge in [-0.25, -0.2) is 0 Å². The minimum absolute atomic E-state index is 1.40. The van der Waals surface area contributed by atoms with Gasteiger partial charge in [0, 0.05) is 19.2 Å². The molecule has 0 N–H and O–H groups in total. The third kappa shape index (κ3) is 1.96. The molecule has 0 amide bonds. The Morgan fingerprint density at radius 1 is 0.632 bits per heavy atom. The molecule has 5 heteroatoms. The normalized spacial score (nSPS) is 11.7. The number of thiophene rings is 1. The van der Waals surface area contributed by atoms with Crippen molar-refractivity contribution >= 4 is 75.5 Å². The molecule has 0 radical (unpaired) electrons. The van der Waals surface area contributed by atoms with E-state index < -0.39 is 0 Å². The maximum absolute atomic E-state index is 2.24. The molecule has 3 heterocycles. The summed E-state index contributed by atoms with van der Waals surface area (Å²) in [5.41, 5.74) is 0. The van der Waals surface area contributed by atoms with Crippen LogP contribution >= 0.6 is 56.7 Å². The molecule has 1 aromatic carbocycles. The van der Waals surface area contributed by atoms with Crippen LogP contribution in [-0.4, -0.2) is 0 Å². The highest BCUT2D eigenvalue weighted by atomic mass is 32.2. The summed E-state index contributed by atoms with van der Waals surface area (Å²) in [6, 6.07) is 8.71. The molecule has 19 heavy (non-hydrogen) atoms. The minimum Gasteiger partial charge on any atom is -0.143 e. The van der Waals surface area contributed by atoms with Gasteiger partial charge in [0.25, 0.3) is 0 Å². The number of aryl methyl sites for hydroxylation is 2. The predicted molar refractivity (Wildman–Crippen MR) is 93.2 cm³/mol. The lowest BCUT2D eigenvalue weighted by Crippen LogP contribution is -1.69. The Kier molecular flexibility index (Phi) is 2.93. The van der Waals surface area contributed by atoms with Crippen molar-refractivity contribution in [3.63, 3.8) is 0 Å². The summed E-state index contributed by atoms with van der Waals surface area (Å²) in [6.07, 6.45) is 0. The summed E-state index contributed by atoms with van der Waals surface area (Å²) in [4.78, 5) is 2.92. The van der Waals surface area contributed by atoms with E-state index in [0.717, 1.165) is 0 Å². The van der Waals surface area contributed by atoms with Crippen LogP contribution in [0.1, 0.15) is 9.75 Å².